The minimum atomic E-state index is -0.720. The molecule has 2 aromatic carbocycles. The normalized spacial score (nSPS) is 15.2. The van der Waals surface area contributed by atoms with Crippen molar-refractivity contribution < 1.29 is 14.3 Å². The van der Waals surface area contributed by atoms with Crippen LogP contribution < -0.4 is 19.6 Å². The monoisotopic (exact) mass is 541 g/mol. The van der Waals surface area contributed by atoms with Crippen LogP contribution in [-0.2, 0) is 9.53 Å². The van der Waals surface area contributed by atoms with Crippen LogP contribution in [0.4, 0.5) is 0 Å². The van der Waals surface area contributed by atoms with Crippen LogP contribution in [0.3, 0.4) is 0 Å². The lowest BCUT2D eigenvalue weighted by atomic mass is 9.95. The van der Waals surface area contributed by atoms with Crippen LogP contribution in [0.5, 0.6) is 5.75 Å². The van der Waals surface area contributed by atoms with Gasteiger partial charge in [0, 0.05) is 22.6 Å². The molecule has 0 amide bonds. The average Bonchev–Trinajstić information content (AvgIpc) is 3.38. The van der Waals surface area contributed by atoms with Crippen molar-refractivity contribution in [1.29, 1.82) is 0 Å². The predicted octanol–water partition coefficient (Wildman–Crippen LogP) is 4.60. The number of nitrogens with zero attached hydrogens (tertiary/aromatic N) is 3. The highest BCUT2D eigenvalue weighted by molar-refractivity contribution is 7.07. The van der Waals surface area contributed by atoms with Crippen molar-refractivity contribution >= 4 is 23.4 Å². The lowest BCUT2D eigenvalue weighted by Crippen LogP contribution is -2.40. The Labute approximate surface area is 231 Å². The number of para-hydroxylation sites is 2. The van der Waals surface area contributed by atoms with Gasteiger partial charge >= 0.3 is 5.97 Å². The molecule has 5 rings (SSSR count). The van der Waals surface area contributed by atoms with Crippen LogP contribution in [0.15, 0.2) is 81.7 Å². The first-order valence-corrected chi connectivity index (χ1v) is 13.8. The van der Waals surface area contributed by atoms with Gasteiger partial charge in [0.25, 0.3) is 5.56 Å². The quantitative estimate of drug-likeness (QED) is 0.321. The van der Waals surface area contributed by atoms with Gasteiger partial charge in [0.05, 0.1) is 29.0 Å². The van der Waals surface area contributed by atoms with Crippen molar-refractivity contribution in [2.24, 2.45) is 4.99 Å². The molecule has 7 nitrogen and oxygen atoms in total. The van der Waals surface area contributed by atoms with Crippen LogP contribution >= 0.6 is 11.3 Å². The number of rotatable bonds is 7. The molecule has 39 heavy (non-hydrogen) atoms. The van der Waals surface area contributed by atoms with Crippen molar-refractivity contribution in [2.45, 2.75) is 40.7 Å². The van der Waals surface area contributed by atoms with Crippen LogP contribution in [0.25, 0.3) is 11.8 Å². The summed E-state index contributed by atoms with van der Waals surface area (Å²) in [5.41, 5.74) is 5.49. The molecule has 0 spiro atoms. The Morgan fingerprint density at radius 3 is 2.46 bits per heavy atom. The van der Waals surface area contributed by atoms with Gasteiger partial charge in [0.1, 0.15) is 11.8 Å². The predicted molar refractivity (Wildman–Crippen MR) is 153 cm³/mol. The summed E-state index contributed by atoms with van der Waals surface area (Å²) in [6, 6.07) is 19.0. The van der Waals surface area contributed by atoms with Crippen LogP contribution in [-0.4, -0.2) is 28.3 Å². The van der Waals surface area contributed by atoms with Gasteiger partial charge in [-0.15, -0.1) is 0 Å². The molecule has 1 aliphatic heterocycles. The minimum absolute atomic E-state index is 0.214. The van der Waals surface area contributed by atoms with Gasteiger partial charge in [-0.3, -0.25) is 9.36 Å². The number of carbonyl (C=O) groups excluding carboxylic acids is 1. The standard InChI is InChI=1S/C31H31N3O4S/c1-6-37-25-16-12-11-15-24(25)28-27(30(36)38-7-2)20(4)32-31-34(28)29(35)26(39-31)18-22-17-19(3)33(21(22)5)23-13-9-8-10-14-23/h8-18,28H,6-7H2,1-5H3/b26-18-/t28-/m1/s1. The molecule has 4 aromatic rings. The number of aromatic nitrogens is 2. The zero-order valence-corrected chi connectivity index (χ0v) is 23.5. The van der Waals surface area contributed by atoms with Gasteiger partial charge in [0.15, 0.2) is 4.80 Å². The third kappa shape index (κ3) is 4.76. The van der Waals surface area contributed by atoms with E-state index in [4.69, 9.17) is 14.5 Å². The van der Waals surface area contributed by atoms with Gasteiger partial charge < -0.3 is 14.0 Å². The third-order valence-corrected chi connectivity index (χ3v) is 7.78. The molecule has 0 saturated carbocycles. The number of ether oxygens (including phenoxy) is 2. The van der Waals surface area contributed by atoms with E-state index >= 15 is 0 Å². The summed E-state index contributed by atoms with van der Waals surface area (Å²) in [5, 5.41) is 0. The molecule has 200 valence electrons. The zero-order valence-electron chi connectivity index (χ0n) is 22.7. The van der Waals surface area contributed by atoms with E-state index in [2.05, 4.69) is 29.7 Å². The van der Waals surface area contributed by atoms with Crippen LogP contribution in [0.2, 0.25) is 0 Å². The van der Waals surface area contributed by atoms with Gasteiger partial charge in [0.2, 0.25) is 0 Å². The van der Waals surface area contributed by atoms with E-state index in [-0.39, 0.29) is 12.2 Å². The largest absolute Gasteiger partial charge is 0.494 e. The fourth-order valence-corrected chi connectivity index (χ4v) is 6.17. The summed E-state index contributed by atoms with van der Waals surface area (Å²) >= 11 is 1.32. The highest BCUT2D eigenvalue weighted by atomic mass is 32.1. The topological polar surface area (TPSA) is 74.8 Å². The molecule has 2 aromatic heterocycles. The fraction of sp³-hybridized carbons (Fsp3) is 0.258. The molecule has 1 aliphatic rings. The second kappa shape index (κ2) is 10.9. The van der Waals surface area contributed by atoms with E-state index in [0.717, 1.165) is 22.6 Å². The molecule has 0 N–H and O–H groups in total. The Hall–Kier alpha value is -4.17. The molecule has 0 radical (unpaired) electrons. The van der Waals surface area contributed by atoms with Gasteiger partial charge in [-0.2, -0.15) is 0 Å². The van der Waals surface area contributed by atoms with Crippen molar-refractivity contribution in [3.05, 3.63) is 114 Å². The highest BCUT2D eigenvalue weighted by Gasteiger charge is 2.35. The Kier molecular flexibility index (Phi) is 7.39. The maximum atomic E-state index is 14.0. The highest BCUT2D eigenvalue weighted by Crippen LogP contribution is 2.35. The molecular formula is C31H31N3O4S. The van der Waals surface area contributed by atoms with Gasteiger partial charge in [-0.05, 0) is 70.5 Å². The second-order valence-electron chi connectivity index (χ2n) is 9.27. The maximum Gasteiger partial charge on any atom is 0.338 e. The summed E-state index contributed by atoms with van der Waals surface area (Å²) in [5.74, 6) is 0.123. The van der Waals surface area contributed by atoms with Crippen LogP contribution in [0, 0.1) is 13.8 Å². The van der Waals surface area contributed by atoms with E-state index < -0.39 is 12.0 Å². The molecule has 0 saturated heterocycles. The summed E-state index contributed by atoms with van der Waals surface area (Å²) in [7, 11) is 0. The van der Waals surface area contributed by atoms with Gasteiger partial charge in [-0.1, -0.05) is 47.7 Å². The van der Waals surface area contributed by atoms with Crippen molar-refractivity contribution in [2.75, 3.05) is 13.2 Å². The molecule has 0 bridgehead atoms. The van der Waals surface area contributed by atoms with Gasteiger partial charge in [-0.25, -0.2) is 9.79 Å². The molecule has 0 unspecified atom stereocenters. The number of allylic oxidation sites excluding steroid dienone is 1. The van der Waals surface area contributed by atoms with Crippen molar-refractivity contribution in [3.63, 3.8) is 0 Å². The molecule has 3 heterocycles. The van der Waals surface area contributed by atoms with E-state index in [0.29, 0.717) is 38.5 Å². The van der Waals surface area contributed by atoms with Crippen LogP contribution in [0.1, 0.15) is 49.3 Å². The van der Waals surface area contributed by atoms with Crippen molar-refractivity contribution in [3.8, 4) is 11.4 Å². The Morgan fingerprint density at radius 2 is 1.74 bits per heavy atom. The maximum absolute atomic E-state index is 14.0. The average molecular weight is 542 g/mol. The van der Waals surface area contributed by atoms with Crippen molar-refractivity contribution in [1.82, 2.24) is 9.13 Å². The summed E-state index contributed by atoms with van der Waals surface area (Å²) in [6.45, 7) is 10.2. The molecule has 0 aliphatic carbocycles. The number of benzene rings is 2. The number of thiazole rings is 1. The number of aryl methyl sites for hydroxylation is 1. The SMILES string of the molecule is CCOC(=O)C1=C(C)N=c2s/c(=C\c3cc(C)n(-c4ccccc4)c3C)c(=O)n2[C@@H]1c1ccccc1OCC. The summed E-state index contributed by atoms with van der Waals surface area (Å²) < 4.78 is 15.6. The van der Waals surface area contributed by atoms with E-state index in [9.17, 15) is 9.59 Å². The first kappa shape index (κ1) is 26.4. The van der Waals surface area contributed by atoms with E-state index in [1.165, 1.54) is 11.3 Å². The Morgan fingerprint density at radius 1 is 1.03 bits per heavy atom. The third-order valence-electron chi connectivity index (χ3n) is 6.80. The molecule has 0 fully saturated rings. The number of hydrogen-bond acceptors (Lipinski definition) is 6. The number of hydrogen-bond donors (Lipinski definition) is 0. The first-order valence-electron chi connectivity index (χ1n) is 13.0. The molecule has 8 heteroatoms. The first-order chi connectivity index (χ1) is 18.8. The molecular weight excluding hydrogens is 510 g/mol. The fourth-order valence-electron chi connectivity index (χ4n) is 5.13. The number of esters is 1. The smallest absolute Gasteiger partial charge is 0.338 e. The lowest BCUT2D eigenvalue weighted by Gasteiger charge is -2.26. The lowest BCUT2D eigenvalue weighted by molar-refractivity contribution is -0.139. The molecule has 1 atom stereocenters. The Bertz CT molecular complexity index is 1760. The van der Waals surface area contributed by atoms with E-state index in [1.54, 1.807) is 18.4 Å². The van der Waals surface area contributed by atoms with E-state index in [1.807, 2.05) is 62.4 Å². The summed E-state index contributed by atoms with van der Waals surface area (Å²) in [6.07, 6.45) is 1.92. The second-order valence-corrected chi connectivity index (χ2v) is 10.3. The summed E-state index contributed by atoms with van der Waals surface area (Å²) in [4.78, 5) is 32.5. The number of fused-ring (bicyclic) bond motifs is 1. The minimum Gasteiger partial charge on any atom is -0.494 e. The zero-order chi connectivity index (χ0) is 27.7. The Balaban J connectivity index is 1.72. The number of carbonyl (C=O) groups is 1.